The number of nitrogens with zero attached hydrogens (tertiary/aromatic N) is 1. The Morgan fingerprint density at radius 3 is 2.82 bits per heavy atom. The molecule has 5 heteroatoms. The number of anilines is 1. The van der Waals surface area contributed by atoms with Gasteiger partial charge in [-0.1, -0.05) is 33.6 Å². The molecule has 1 N–H and O–H groups in total. The van der Waals surface area contributed by atoms with Crippen LogP contribution in [-0.2, 0) is 0 Å². The molecule has 0 bridgehead atoms. The molecule has 2 rings (SSSR count). The Labute approximate surface area is 117 Å². The van der Waals surface area contributed by atoms with Crippen LogP contribution in [-0.4, -0.2) is 12.9 Å². The summed E-state index contributed by atoms with van der Waals surface area (Å²) in [5.41, 5.74) is 0.851. The predicted octanol–water partition coefficient (Wildman–Crippen LogP) is 4.65. The first-order valence-electron chi connectivity index (χ1n) is 4.93. The maximum absolute atomic E-state index is 6.15. The van der Waals surface area contributed by atoms with Gasteiger partial charge in [-0.3, -0.25) is 4.99 Å². The molecule has 1 aromatic heterocycles. The fourth-order valence-corrected chi connectivity index (χ4v) is 2.79. The van der Waals surface area contributed by atoms with Crippen LogP contribution in [0.25, 0.3) is 0 Å². The van der Waals surface area contributed by atoms with Crippen LogP contribution < -0.4 is 5.32 Å². The number of halogens is 2. The third-order valence-corrected chi connectivity index (χ3v) is 3.84. The summed E-state index contributed by atoms with van der Waals surface area (Å²) in [5, 5.41) is 5.92. The summed E-state index contributed by atoms with van der Waals surface area (Å²) in [6.07, 6.45) is 0. The van der Waals surface area contributed by atoms with Crippen LogP contribution in [0.1, 0.15) is 4.88 Å². The highest BCUT2D eigenvalue weighted by molar-refractivity contribution is 9.10. The maximum atomic E-state index is 6.15. The third-order valence-electron chi connectivity index (χ3n) is 2.16. The standard InChI is InChI=1S/C12H10BrClN2S/c1-15-12(11-3-2-6-17-11)16-10-5-4-8(13)7-9(10)14/h2-7H,1H3,(H,15,16). The van der Waals surface area contributed by atoms with Gasteiger partial charge in [0.2, 0.25) is 0 Å². The number of thiophene rings is 1. The maximum Gasteiger partial charge on any atom is 0.142 e. The minimum absolute atomic E-state index is 0.664. The zero-order chi connectivity index (χ0) is 12.3. The summed E-state index contributed by atoms with van der Waals surface area (Å²) in [6.45, 7) is 0. The first-order valence-corrected chi connectivity index (χ1v) is 6.98. The first kappa shape index (κ1) is 12.6. The van der Waals surface area contributed by atoms with Crippen LogP contribution in [0.2, 0.25) is 5.02 Å². The van der Waals surface area contributed by atoms with E-state index in [-0.39, 0.29) is 0 Å². The molecule has 2 nitrogen and oxygen atoms in total. The summed E-state index contributed by atoms with van der Waals surface area (Å²) in [5.74, 6) is 0.823. The van der Waals surface area contributed by atoms with E-state index < -0.39 is 0 Å². The Kier molecular flexibility index (Phi) is 4.20. The number of hydrogen-bond donors (Lipinski definition) is 1. The summed E-state index contributed by atoms with van der Waals surface area (Å²) < 4.78 is 0.958. The molecular formula is C12H10BrClN2S. The Morgan fingerprint density at radius 2 is 2.24 bits per heavy atom. The van der Waals surface area contributed by atoms with Crippen molar-refractivity contribution in [3.05, 3.63) is 50.1 Å². The summed E-state index contributed by atoms with van der Waals surface area (Å²) in [4.78, 5) is 5.32. The molecule has 88 valence electrons. The predicted molar refractivity (Wildman–Crippen MR) is 79.6 cm³/mol. The van der Waals surface area contributed by atoms with Crippen molar-refractivity contribution in [3.8, 4) is 0 Å². The van der Waals surface area contributed by atoms with E-state index in [9.17, 15) is 0 Å². The number of benzene rings is 1. The number of amidine groups is 1. The number of nitrogens with one attached hydrogen (secondary N) is 1. The molecule has 0 saturated carbocycles. The van der Waals surface area contributed by atoms with E-state index in [0.29, 0.717) is 5.02 Å². The number of rotatable bonds is 2. The van der Waals surface area contributed by atoms with Gasteiger partial charge < -0.3 is 5.32 Å². The van der Waals surface area contributed by atoms with Gasteiger partial charge in [0.05, 0.1) is 15.6 Å². The van der Waals surface area contributed by atoms with E-state index in [1.54, 1.807) is 18.4 Å². The number of aliphatic imine (C=N–C) groups is 1. The van der Waals surface area contributed by atoms with Crippen molar-refractivity contribution in [1.29, 1.82) is 0 Å². The van der Waals surface area contributed by atoms with Crippen LogP contribution in [0.3, 0.4) is 0 Å². The lowest BCUT2D eigenvalue weighted by Gasteiger charge is -2.09. The largest absolute Gasteiger partial charge is 0.338 e. The van der Waals surface area contributed by atoms with Crippen molar-refractivity contribution >= 4 is 50.4 Å². The normalized spacial score (nSPS) is 11.6. The van der Waals surface area contributed by atoms with Crippen molar-refractivity contribution in [2.24, 2.45) is 4.99 Å². The summed E-state index contributed by atoms with van der Waals surface area (Å²) in [6, 6.07) is 9.73. The van der Waals surface area contributed by atoms with Gasteiger partial charge in [-0.15, -0.1) is 11.3 Å². The Morgan fingerprint density at radius 1 is 1.41 bits per heavy atom. The van der Waals surface area contributed by atoms with Crippen LogP contribution in [0.4, 0.5) is 5.69 Å². The van der Waals surface area contributed by atoms with Gasteiger partial charge in [0.25, 0.3) is 0 Å². The zero-order valence-electron chi connectivity index (χ0n) is 9.08. The molecule has 0 unspecified atom stereocenters. The van der Waals surface area contributed by atoms with Crippen LogP contribution in [0.5, 0.6) is 0 Å². The second-order valence-corrected chi connectivity index (χ2v) is 5.57. The molecule has 0 saturated heterocycles. The lowest BCUT2D eigenvalue weighted by Crippen LogP contribution is -2.12. The van der Waals surface area contributed by atoms with Gasteiger partial charge >= 0.3 is 0 Å². The Bertz CT molecular complexity index is 537. The van der Waals surface area contributed by atoms with Gasteiger partial charge in [-0.25, -0.2) is 0 Å². The third kappa shape index (κ3) is 3.09. The Hall–Kier alpha value is -0.840. The van der Waals surface area contributed by atoms with Gasteiger partial charge in [0.15, 0.2) is 0 Å². The molecule has 0 aliphatic heterocycles. The van der Waals surface area contributed by atoms with E-state index in [0.717, 1.165) is 20.9 Å². The minimum Gasteiger partial charge on any atom is -0.338 e. The van der Waals surface area contributed by atoms with E-state index in [4.69, 9.17) is 11.6 Å². The molecule has 17 heavy (non-hydrogen) atoms. The highest BCUT2D eigenvalue weighted by Gasteiger charge is 2.07. The molecule has 1 aromatic carbocycles. The molecule has 0 aliphatic rings. The monoisotopic (exact) mass is 328 g/mol. The highest BCUT2D eigenvalue weighted by Crippen LogP contribution is 2.26. The lowest BCUT2D eigenvalue weighted by molar-refractivity contribution is 1.42. The van der Waals surface area contributed by atoms with E-state index in [2.05, 4.69) is 26.2 Å². The molecule has 1 heterocycles. The molecule has 0 aliphatic carbocycles. The van der Waals surface area contributed by atoms with Crippen LogP contribution in [0.15, 0.2) is 45.2 Å². The zero-order valence-corrected chi connectivity index (χ0v) is 12.2. The van der Waals surface area contributed by atoms with Gasteiger partial charge in [-0.2, -0.15) is 0 Å². The average molecular weight is 330 g/mol. The van der Waals surface area contributed by atoms with Gasteiger partial charge in [-0.05, 0) is 29.6 Å². The summed E-state index contributed by atoms with van der Waals surface area (Å²) in [7, 11) is 1.76. The topological polar surface area (TPSA) is 24.4 Å². The molecule has 0 spiro atoms. The second kappa shape index (κ2) is 5.67. The smallest absolute Gasteiger partial charge is 0.142 e. The van der Waals surface area contributed by atoms with Gasteiger partial charge in [0.1, 0.15) is 5.84 Å². The molecular weight excluding hydrogens is 320 g/mol. The molecule has 0 amide bonds. The average Bonchev–Trinajstić information content (AvgIpc) is 2.81. The molecule has 0 atom stereocenters. The van der Waals surface area contributed by atoms with Crippen molar-refractivity contribution in [2.45, 2.75) is 0 Å². The van der Waals surface area contributed by atoms with Crippen molar-refractivity contribution in [3.63, 3.8) is 0 Å². The number of hydrogen-bond acceptors (Lipinski definition) is 2. The minimum atomic E-state index is 0.664. The van der Waals surface area contributed by atoms with E-state index >= 15 is 0 Å². The Balaban J connectivity index is 2.25. The van der Waals surface area contributed by atoms with E-state index in [1.165, 1.54) is 0 Å². The molecule has 2 aromatic rings. The second-order valence-electron chi connectivity index (χ2n) is 3.30. The van der Waals surface area contributed by atoms with Crippen LogP contribution in [0, 0.1) is 0 Å². The highest BCUT2D eigenvalue weighted by atomic mass is 79.9. The first-order chi connectivity index (χ1) is 8.20. The quantitative estimate of drug-likeness (QED) is 0.629. The van der Waals surface area contributed by atoms with E-state index in [1.807, 2.05) is 35.7 Å². The SMILES string of the molecule is CN=C(Nc1ccc(Br)cc1Cl)c1cccs1. The van der Waals surface area contributed by atoms with Crippen molar-refractivity contribution in [2.75, 3.05) is 12.4 Å². The fraction of sp³-hybridized carbons (Fsp3) is 0.0833. The van der Waals surface area contributed by atoms with Crippen LogP contribution >= 0.6 is 38.9 Å². The van der Waals surface area contributed by atoms with Gasteiger partial charge in [0, 0.05) is 11.5 Å². The summed E-state index contributed by atoms with van der Waals surface area (Å²) >= 11 is 11.2. The van der Waals surface area contributed by atoms with Crippen molar-refractivity contribution < 1.29 is 0 Å². The fourth-order valence-electron chi connectivity index (χ4n) is 1.36. The van der Waals surface area contributed by atoms with Crippen molar-refractivity contribution in [1.82, 2.24) is 0 Å². The molecule has 0 radical (unpaired) electrons. The molecule has 0 fully saturated rings. The lowest BCUT2D eigenvalue weighted by atomic mass is 10.3.